The van der Waals surface area contributed by atoms with Crippen LogP contribution in [0.25, 0.3) is 16.6 Å². The number of hydrogen-bond acceptors (Lipinski definition) is 5. The van der Waals surface area contributed by atoms with Crippen LogP contribution >= 0.6 is 0 Å². The predicted molar refractivity (Wildman–Crippen MR) is 96.3 cm³/mol. The Balaban J connectivity index is 0.000000298. The summed E-state index contributed by atoms with van der Waals surface area (Å²) in [4.78, 5) is 10.3. The summed E-state index contributed by atoms with van der Waals surface area (Å²) in [5.41, 5.74) is 4.77. The molecule has 0 bridgehead atoms. The number of nitrogens with one attached hydrogen (secondary N) is 2. The molecule has 0 saturated carbocycles. The standard InChI is InChI=1S/C16H20N6.C2HF3O2/c1-20-11-14(9-18-20)13-3-4-15-16(10-19-22(15)12-13)21-7-2-5-17-6-8-21;3-2(4,5)1(6)7/h3-4,9-12,17H,2,5-8H2,1H3;(H,6,7). The van der Waals surface area contributed by atoms with Gasteiger partial charge in [0.05, 0.1) is 19.3 Å². The zero-order valence-electron chi connectivity index (χ0n) is 15.7. The minimum atomic E-state index is -5.19. The van der Waals surface area contributed by atoms with E-state index in [1.54, 1.807) is 0 Å². The van der Waals surface area contributed by atoms with Gasteiger partial charge in [0.2, 0.25) is 0 Å². The molecule has 1 aliphatic rings. The molecule has 3 aromatic heterocycles. The van der Waals surface area contributed by atoms with Gasteiger partial charge in [-0.3, -0.25) is 9.58 Å². The van der Waals surface area contributed by atoms with Crippen molar-refractivity contribution in [1.29, 1.82) is 0 Å². The number of halogens is 3. The molecular weight excluding hydrogens is 389 g/mol. The molecule has 0 aliphatic carbocycles. The summed E-state index contributed by atoms with van der Waals surface area (Å²) in [5, 5.41) is 21.1. The fourth-order valence-electron chi connectivity index (χ4n) is 3.18. The number of aromatic nitrogens is 4. The Morgan fingerprint density at radius 3 is 2.55 bits per heavy atom. The molecule has 1 fully saturated rings. The van der Waals surface area contributed by atoms with Crippen LogP contribution in [0.4, 0.5) is 18.9 Å². The lowest BCUT2D eigenvalue weighted by Gasteiger charge is -2.14. The van der Waals surface area contributed by atoms with Crippen molar-refractivity contribution in [3.63, 3.8) is 0 Å². The Morgan fingerprint density at radius 1 is 1.14 bits per heavy atom. The fraction of sp³-hybridized carbons (Fsp3) is 0.389. The van der Waals surface area contributed by atoms with Crippen molar-refractivity contribution >= 4 is 17.2 Å². The van der Waals surface area contributed by atoms with Gasteiger partial charge >= 0.3 is 6.18 Å². The van der Waals surface area contributed by atoms with Crippen molar-refractivity contribution in [3.05, 3.63) is 36.9 Å². The third-order valence-corrected chi connectivity index (χ3v) is 4.60. The first kappa shape index (κ1) is 20.8. The van der Waals surface area contributed by atoms with Crippen LogP contribution in [-0.2, 0) is 11.8 Å². The van der Waals surface area contributed by atoms with Gasteiger partial charge in [-0.15, -0.1) is 0 Å². The highest BCUT2D eigenvalue weighted by atomic mass is 19.4. The molecule has 2 N–H and O–H groups in total. The van der Waals surface area contributed by atoms with Gasteiger partial charge in [0.25, 0.3) is 0 Å². The number of carbonyl (C=O) groups is 1. The highest BCUT2D eigenvalue weighted by Gasteiger charge is 2.28. The van der Waals surface area contributed by atoms with Crippen molar-refractivity contribution in [3.8, 4) is 11.1 Å². The summed E-state index contributed by atoms with van der Waals surface area (Å²) >= 11 is 0. The summed E-state index contributed by atoms with van der Waals surface area (Å²) in [6.45, 7) is 4.47. The second-order valence-corrected chi connectivity index (χ2v) is 6.70. The minimum absolute atomic E-state index is 1.07. The number of aryl methyl sites for hydroxylation is 1. The third-order valence-electron chi connectivity index (χ3n) is 4.60. The molecule has 0 aromatic carbocycles. The first-order chi connectivity index (χ1) is 13.8. The molecule has 3 aromatic rings. The molecule has 29 heavy (non-hydrogen) atoms. The van der Waals surface area contributed by atoms with Crippen LogP contribution in [-0.4, -0.2) is 57.7 Å². The van der Waals surface area contributed by atoms with E-state index in [1.807, 2.05) is 34.8 Å². The Hall–Kier alpha value is -2.92. The quantitative estimate of drug-likeness (QED) is 0.597. The lowest BCUT2D eigenvalue weighted by atomic mass is 10.1. The summed E-state index contributed by atoms with van der Waals surface area (Å²) < 4.78 is 35.4. The highest BCUT2D eigenvalue weighted by molar-refractivity contribution is 5.71. The Bertz CT molecular complexity index is 974. The van der Waals surface area contributed by atoms with E-state index < -0.39 is 12.1 Å². The number of carboxylic acids is 1. The zero-order chi connectivity index (χ0) is 21.0. The molecule has 0 amide bonds. The van der Waals surface area contributed by atoms with E-state index in [0.717, 1.165) is 30.8 Å². The third kappa shape index (κ3) is 5.12. The second-order valence-electron chi connectivity index (χ2n) is 6.70. The van der Waals surface area contributed by atoms with Crippen LogP contribution in [0.15, 0.2) is 36.9 Å². The van der Waals surface area contributed by atoms with E-state index in [-0.39, 0.29) is 0 Å². The maximum absolute atomic E-state index is 10.5. The highest BCUT2D eigenvalue weighted by Crippen LogP contribution is 2.21. The molecular formula is C18H21F3N6O2. The largest absolute Gasteiger partial charge is 0.542 e. The number of pyridine rings is 1. The number of quaternary nitrogens is 1. The summed E-state index contributed by atoms with van der Waals surface area (Å²) in [6, 6.07) is 4.34. The Kier molecular flexibility index (Phi) is 6.18. The van der Waals surface area contributed by atoms with Gasteiger partial charge in [-0.2, -0.15) is 23.4 Å². The van der Waals surface area contributed by atoms with Crippen LogP contribution in [0.1, 0.15) is 6.42 Å². The van der Waals surface area contributed by atoms with E-state index in [2.05, 4.69) is 33.8 Å². The van der Waals surface area contributed by atoms with Crippen LogP contribution in [0, 0.1) is 0 Å². The van der Waals surface area contributed by atoms with E-state index in [1.165, 1.54) is 29.1 Å². The molecule has 156 valence electrons. The first-order valence-corrected chi connectivity index (χ1v) is 9.06. The lowest BCUT2D eigenvalue weighted by molar-refractivity contribution is -0.829. The van der Waals surface area contributed by atoms with Crippen LogP contribution in [0.5, 0.6) is 0 Å². The van der Waals surface area contributed by atoms with E-state index in [0.29, 0.717) is 0 Å². The van der Waals surface area contributed by atoms with Crippen molar-refractivity contribution in [2.24, 2.45) is 7.05 Å². The van der Waals surface area contributed by atoms with Crippen LogP contribution in [0.3, 0.4) is 0 Å². The van der Waals surface area contributed by atoms with Crippen LogP contribution < -0.4 is 15.3 Å². The number of carbonyl (C=O) groups excluding carboxylic acids is 1. The number of fused-ring (bicyclic) bond motifs is 1. The number of rotatable bonds is 2. The normalized spacial score (nSPS) is 17.4. The molecule has 0 spiro atoms. The SMILES string of the molecule is Cn1cc(-c2ccc3c([NH+]4CCCNCC4)cnn3c2)cn1.O=C([O-])C(F)(F)F. The molecule has 0 radical (unpaired) electrons. The van der Waals surface area contributed by atoms with Gasteiger partial charge < -0.3 is 15.2 Å². The maximum atomic E-state index is 10.5. The van der Waals surface area contributed by atoms with E-state index in [9.17, 15) is 13.2 Å². The Morgan fingerprint density at radius 2 is 1.90 bits per heavy atom. The fourth-order valence-corrected chi connectivity index (χ4v) is 3.18. The van der Waals surface area contributed by atoms with Gasteiger partial charge in [0.15, 0.2) is 5.69 Å². The number of aliphatic carboxylic acids is 1. The summed E-state index contributed by atoms with van der Waals surface area (Å²) in [5.74, 6) is -3.01. The minimum Gasteiger partial charge on any atom is -0.542 e. The molecule has 1 unspecified atom stereocenters. The number of nitrogens with zero attached hydrogens (tertiary/aromatic N) is 4. The maximum Gasteiger partial charge on any atom is 0.430 e. The van der Waals surface area contributed by atoms with Gasteiger partial charge in [0, 0.05) is 50.1 Å². The van der Waals surface area contributed by atoms with Crippen LogP contribution in [0.2, 0.25) is 0 Å². The average Bonchev–Trinajstić information content (AvgIpc) is 3.19. The first-order valence-electron chi connectivity index (χ1n) is 9.06. The zero-order valence-corrected chi connectivity index (χ0v) is 15.7. The molecule has 4 rings (SSSR count). The molecule has 4 heterocycles. The predicted octanol–water partition coefficient (Wildman–Crippen LogP) is -0.457. The van der Waals surface area contributed by atoms with Crippen molar-refractivity contribution in [2.75, 3.05) is 26.2 Å². The van der Waals surface area contributed by atoms with Gasteiger partial charge in [-0.25, -0.2) is 4.52 Å². The average molecular weight is 410 g/mol. The molecule has 1 saturated heterocycles. The smallest absolute Gasteiger partial charge is 0.430 e. The molecule has 1 aliphatic heterocycles. The van der Waals surface area contributed by atoms with Crippen molar-refractivity contribution < 1.29 is 28.0 Å². The lowest BCUT2D eigenvalue weighted by Crippen LogP contribution is -3.07. The van der Waals surface area contributed by atoms with Gasteiger partial charge in [-0.1, -0.05) is 6.07 Å². The second kappa shape index (κ2) is 8.62. The van der Waals surface area contributed by atoms with Gasteiger partial charge in [-0.05, 0) is 6.07 Å². The molecule has 1 atom stereocenters. The topological polar surface area (TPSA) is 91.7 Å². The Labute approximate surface area is 164 Å². The summed E-state index contributed by atoms with van der Waals surface area (Å²) in [7, 11) is 1.94. The molecule has 8 nitrogen and oxygen atoms in total. The monoisotopic (exact) mass is 410 g/mol. The van der Waals surface area contributed by atoms with E-state index in [4.69, 9.17) is 9.90 Å². The van der Waals surface area contributed by atoms with Crippen molar-refractivity contribution in [2.45, 2.75) is 12.6 Å². The molecule has 11 heteroatoms. The van der Waals surface area contributed by atoms with E-state index >= 15 is 0 Å². The van der Waals surface area contributed by atoms with Gasteiger partial charge in [0.1, 0.15) is 17.7 Å². The van der Waals surface area contributed by atoms with Crippen molar-refractivity contribution in [1.82, 2.24) is 24.7 Å². The number of alkyl halides is 3. The summed E-state index contributed by atoms with van der Waals surface area (Å²) in [6.07, 6.45) is 4.03. The number of carboxylic acid groups (broad SMARTS) is 1. The number of hydrogen-bond donors (Lipinski definition) is 2.